The van der Waals surface area contributed by atoms with Crippen LogP contribution in [0.2, 0.25) is 0 Å². The van der Waals surface area contributed by atoms with Crippen LogP contribution in [0.1, 0.15) is 49.7 Å². The van der Waals surface area contributed by atoms with E-state index >= 15 is 0 Å². The van der Waals surface area contributed by atoms with Gasteiger partial charge in [-0.1, -0.05) is 68.3 Å². The van der Waals surface area contributed by atoms with Gasteiger partial charge in [-0.2, -0.15) is 0 Å². The zero-order valence-corrected chi connectivity index (χ0v) is 17.6. The number of benzene rings is 2. The van der Waals surface area contributed by atoms with Crippen molar-refractivity contribution < 1.29 is 24.2 Å². The second-order valence-electron chi connectivity index (χ2n) is 7.60. The number of unbranched alkanes of at least 4 members (excludes halogenated alkanes) is 1. The fourth-order valence-electron chi connectivity index (χ4n) is 3.88. The molecule has 3 rings (SSSR count). The van der Waals surface area contributed by atoms with Gasteiger partial charge in [0.2, 0.25) is 5.91 Å². The van der Waals surface area contributed by atoms with Crippen LogP contribution >= 0.6 is 0 Å². The van der Waals surface area contributed by atoms with E-state index in [9.17, 15) is 14.4 Å². The minimum Gasteiger partial charge on any atom is -0.481 e. The Hall–Kier alpha value is -3.35. The van der Waals surface area contributed by atoms with Crippen molar-refractivity contribution in [3.63, 3.8) is 0 Å². The molecule has 164 valence electrons. The number of alkyl carbamates (subject to hydrolysis) is 1. The van der Waals surface area contributed by atoms with E-state index in [2.05, 4.69) is 22.8 Å². The third-order valence-corrected chi connectivity index (χ3v) is 5.44. The van der Waals surface area contributed by atoms with E-state index < -0.39 is 24.0 Å². The Labute approximate surface area is 181 Å². The number of ether oxygens (including phenoxy) is 1. The van der Waals surface area contributed by atoms with Gasteiger partial charge in [0.05, 0.1) is 6.42 Å². The second-order valence-corrected chi connectivity index (χ2v) is 7.60. The third kappa shape index (κ3) is 5.63. The molecule has 2 amide bonds. The fraction of sp³-hybridized carbons (Fsp3) is 0.375. The summed E-state index contributed by atoms with van der Waals surface area (Å²) in [6, 6.07) is 15.4. The van der Waals surface area contributed by atoms with Gasteiger partial charge in [0.15, 0.2) is 0 Å². The van der Waals surface area contributed by atoms with Crippen LogP contribution in [0.15, 0.2) is 48.5 Å². The molecule has 1 aliphatic rings. The van der Waals surface area contributed by atoms with Crippen molar-refractivity contribution in [2.24, 2.45) is 0 Å². The number of carbonyl (C=O) groups is 3. The van der Waals surface area contributed by atoms with Gasteiger partial charge in [0.1, 0.15) is 12.6 Å². The van der Waals surface area contributed by atoms with Gasteiger partial charge in [0, 0.05) is 12.5 Å². The molecule has 7 heteroatoms. The van der Waals surface area contributed by atoms with Crippen molar-refractivity contribution in [1.29, 1.82) is 0 Å². The van der Waals surface area contributed by atoms with Gasteiger partial charge in [-0.25, -0.2) is 4.79 Å². The van der Waals surface area contributed by atoms with Gasteiger partial charge in [-0.05, 0) is 28.7 Å². The predicted octanol–water partition coefficient (Wildman–Crippen LogP) is 3.67. The van der Waals surface area contributed by atoms with Gasteiger partial charge < -0.3 is 20.5 Å². The lowest BCUT2D eigenvalue weighted by Crippen LogP contribution is -2.47. The number of amides is 2. The van der Waals surface area contributed by atoms with E-state index in [0.717, 1.165) is 35.1 Å². The number of aliphatic carboxylic acids is 1. The second kappa shape index (κ2) is 10.6. The van der Waals surface area contributed by atoms with E-state index in [1.165, 1.54) is 0 Å². The number of carboxylic acids is 1. The number of nitrogens with one attached hydrogen (secondary N) is 2. The molecule has 31 heavy (non-hydrogen) atoms. The first kappa shape index (κ1) is 22.3. The topological polar surface area (TPSA) is 105 Å². The quantitative estimate of drug-likeness (QED) is 0.540. The Morgan fingerprint density at radius 3 is 2.23 bits per heavy atom. The Morgan fingerprint density at radius 2 is 1.65 bits per heavy atom. The predicted molar refractivity (Wildman–Crippen MR) is 117 cm³/mol. The third-order valence-electron chi connectivity index (χ3n) is 5.44. The standard InChI is InChI=1S/C24H28N2O5/c1-2-3-12-21(23(29)25-14-13-22(27)28)26-24(30)31-15-20-18-10-6-4-8-16(18)17-9-5-7-11-19(17)20/h4-11,20-21H,2-3,12-15H2,1H3,(H,25,29)(H,26,30)(H,27,28)/t21-/m0/s1. The molecule has 2 aromatic carbocycles. The summed E-state index contributed by atoms with van der Waals surface area (Å²) in [7, 11) is 0. The molecule has 0 fully saturated rings. The summed E-state index contributed by atoms with van der Waals surface area (Å²) >= 11 is 0. The van der Waals surface area contributed by atoms with Crippen molar-refractivity contribution in [1.82, 2.24) is 10.6 Å². The summed E-state index contributed by atoms with van der Waals surface area (Å²) in [5.41, 5.74) is 4.52. The van der Waals surface area contributed by atoms with E-state index in [-0.39, 0.29) is 25.5 Å². The molecule has 0 aromatic heterocycles. The number of carboxylic acid groups (broad SMARTS) is 1. The highest BCUT2D eigenvalue weighted by Crippen LogP contribution is 2.44. The van der Waals surface area contributed by atoms with Crippen LogP contribution in [0.4, 0.5) is 4.79 Å². The first-order valence-electron chi connectivity index (χ1n) is 10.6. The Balaban J connectivity index is 1.61. The Kier molecular flexibility index (Phi) is 7.65. The number of fused-ring (bicyclic) bond motifs is 3. The van der Waals surface area contributed by atoms with Crippen molar-refractivity contribution in [2.75, 3.05) is 13.2 Å². The zero-order valence-electron chi connectivity index (χ0n) is 17.6. The van der Waals surface area contributed by atoms with Crippen molar-refractivity contribution in [3.8, 4) is 11.1 Å². The van der Waals surface area contributed by atoms with Crippen LogP contribution in [-0.4, -0.2) is 42.3 Å². The normalized spacial score (nSPS) is 13.1. The number of carbonyl (C=O) groups excluding carboxylic acids is 2. The van der Waals surface area contributed by atoms with Crippen LogP contribution in [0.5, 0.6) is 0 Å². The highest BCUT2D eigenvalue weighted by atomic mass is 16.5. The maximum Gasteiger partial charge on any atom is 0.407 e. The number of rotatable bonds is 10. The average Bonchev–Trinajstić information content (AvgIpc) is 3.08. The summed E-state index contributed by atoms with van der Waals surface area (Å²) in [6.07, 6.45) is 1.25. The summed E-state index contributed by atoms with van der Waals surface area (Å²) in [5.74, 6) is -1.45. The minimum absolute atomic E-state index is 0.0170. The molecule has 2 aromatic rings. The molecule has 0 spiro atoms. The maximum absolute atomic E-state index is 12.5. The fourth-order valence-corrected chi connectivity index (χ4v) is 3.88. The molecule has 3 N–H and O–H groups in total. The van der Waals surface area contributed by atoms with Crippen molar-refractivity contribution >= 4 is 18.0 Å². The lowest BCUT2D eigenvalue weighted by atomic mass is 9.98. The molecule has 0 saturated heterocycles. The molecule has 0 unspecified atom stereocenters. The molecular formula is C24H28N2O5. The molecule has 7 nitrogen and oxygen atoms in total. The maximum atomic E-state index is 12.5. The molecule has 0 saturated carbocycles. The molecule has 0 heterocycles. The van der Waals surface area contributed by atoms with E-state index in [0.29, 0.717) is 6.42 Å². The van der Waals surface area contributed by atoms with Crippen LogP contribution in [0.3, 0.4) is 0 Å². The first-order valence-corrected chi connectivity index (χ1v) is 10.6. The molecular weight excluding hydrogens is 396 g/mol. The zero-order chi connectivity index (χ0) is 22.2. The van der Waals surface area contributed by atoms with Crippen LogP contribution < -0.4 is 10.6 Å². The molecule has 1 aliphatic carbocycles. The Bertz CT molecular complexity index is 898. The molecule has 0 aliphatic heterocycles. The summed E-state index contributed by atoms with van der Waals surface area (Å²) in [4.78, 5) is 35.5. The van der Waals surface area contributed by atoms with E-state index in [1.54, 1.807) is 0 Å². The van der Waals surface area contributed by atoms with Gasteiger partial charge in [0.25, 0.3) is 0 Å². The smallest absolute Gasteiger partial charge is 0.407 e. The largest absolute Gasteiger partial charge is 0.481 e. The summed E-state index contributed by atoms with van der Waals surface area (Å²) in [5, 5.41) is 13.9. The summed E-state index contributed by atoms with van der Waals surface area (Å²) < 4.78 is 5.52. The van der Waals surface area contributed by atoms with E-state index in [1.807, 2.05) is 43.3 Å². The van der Waals surface area contributed by atoms with Crippen LogP contribution in [0, 0.1) is 0 Å². The highest BCUT2D eigenvalue weighted by Gasteiger charge is 2.29. The SMILES string of the molecule is CCCC[C@H](NC(=O)OCC1c2ccccc2-c2ccccc21)C(=O)NCCC(=O)O. The highest BCUT2D eigenvalue weighted by molar-refractivity contribution is 5.86. The van der Waals surface area contributed by atoms with Gasteiger partial charge >= 0.3 is 12.1 Å². The number of hydrogen-bond donors (Lipinski definition) is 3. The molecule has 1 atom stereocenters. The van der Waals surface area contributed by atoms with E-state index in [4.69, 9.17) is 9.84 Å². The van der Waals surface area contributed by atoms with Gasteiger partial charge in [-0.15, -0.1) is 0 Å². The molecule has 0 radical (unpaired) electrons. The average molecular weight is 424 g/mol. The monoisotopic (exact) mass is 424 g/mol. The van der Waals surface area contributed by atoms with Crippen LogP contribution in [-0.2, 0) is 14.3 Å². The number of hydrogen-bond acceptors (Lipinski definition) is 4. The lowest BCUT2D eigenvalue weighted by molar-refractivity contribution is -0.137. The van der Waals surface area contributed by atoms with Crippen LogP contribution in [0.25, 0.3) is 11.1 Å². The minimum atomic E-state index is -0.991. The molecule has 0 bridgehead atoms. The van der Waals surface area contributed by atoms with Crippen molar-refractivity contribution in [2.45, 2.75) is 44.6 Å². The first-order chi connectivity index (χ1) is 15.0. The lowest BCUT2D eigenvalue weighted by Gasteiger charge is -2.19. The summed E-state index contributed by atoms with van der Waals surface area (Å²) in [6.45, 7) is 2.18. The van der Waals surface area contributed by atoms with Gasteiger partial charge in [-0.3, -0.25) is 9.59 Å². The Morgan fingerprint density at radius 1 is 1.03 bits per heavy atom. The van der Waals surface area contributed by atoms with Crippen molar-refractivity contribution in [3.05, 3.63) is 59.7 Å².